The topological polar surface area (TPSA) is 134 Å². The van der Waals surface area contributed by atoms with E-state index in [0.29, 0.717) is 6.42 Å². The highest BCUT2D eigenvalue weighted by molar-refractivity contribution is 5.99. The molecule has 3 N–H and O–H groups in total. The Morgan fingerprint density at radius 2 is 1.31 bits per heavy atom. The predicted molar refractivity (Wildman–Crippen MR) is 142 cm³/mol. The highest BCUT2D eigenvalue weighted by Gasteiger charge is 2.52. The van der Waals surface area contributed by atoms with Crippen molar-refractivity contribution < 1.29 is 33.8 Å². The zero-order valence-electron chi connectivity index (χ0n) is 21.2. The summed E-state index contributed by atoms with van der Waals surface area (Å²) in [5.41, 5.74) is 2.55. The maximum absolute atomic E-state index is 13.5. The van der Waals surface area contributed by atoms with Crippen LogP contribution in [-0.2, 0) is 43.3 Å². The Morgan fingerprint density at radius 3 is 1.87 bits per heavy atom. The molecule has 1 heterocycles. The lowest BCUT2D eigenvalue weighted by Gasteiger charge is -2.23. The fourth-order valence-corrected chi connectivity index (χ4v) is 4.19. The molecule has 39 heavy (non-hydrogen) atoms. The molecule has 0 aromatic heterocycles. The lowest BCUT2D eigenvalue weighted by Crippen LogP contribution is -2.53. The van der Waals surface area contributed by atoms with Crippen LogP contribution in [-0.4, -0.2) is 53.2 Å². The van der Waals surface area contributed by atoms with Crippen LogP contribution in [0.25, 0.3) is 0 Å². The monoisotopic (exact) mass is 530 g/mol. The third-order valence-corrected chi connectivity index (χ3v) is 6.34. The minimum atomic E-state index is -1.23. The van der Waals surface area contributed by atoms with Crippen molar-refractivity contribution in [1.82, 2.24) is 10.6 Å². The third-order valence-electron chi connectivity index (χ3n) is 6.34. The van der Waals surface area contributed by atoms with E-state index >= 15 is 0 Å². The standard InChI is InChI=1S/C30H30N2O7/c33-25(26-27(39-26)29(35)36)23(17-16-20-10-4-1-5-11-20)31-28(34)24(18-21-12-6-2-7-13-21)32-30(37)38-19-22-14-8-3-9-15-22/h1-15,23-24,26-27H,16-19H2,(H,31,34)(H,32,37)(H,35,36)/t23-,24?,26+,27-/m0/s1. The number of epoxide rings is 1. The van der Waals surface area contributed by atoms with Crippen molar-refractivity contribution in [3.8, 4) is 0 Å². The van der Waals surface area contributed by atoms with E-state index in [2.05, 4.69) is 10.6 Å². The number of carboxylic acids is 1. The normalized spacial score (nSPS) is 17.3. The van der Waals surface area contributed by atoms with Gasteiger partial charge in [-0.1, -0.05) is 91.0 Å². The second kappa shape index (κ2) is 13.3. The fraction of sp³-hybridized carbons (Fsp3) is 0.267. The summed E-state index contributed by atoms with van der Waals surface area (Å²) in [7, 11) is 0. The van der Waals surface area contributed by atoms with Gasteiger partial charge in [-0.05, 0) is 29.5 Å². The number of aryl methyl sites for hydroxylation is 1. The summed E-state index contributed by atoms with van der Waals surface area (Å²) in [4.78, 5) is 50.5. The molecule has 1 aliphatic heterocycles. The zero-order valence-corrected chi connectivity index (χ0v) is 21.2. The van der Waals surface area contributed by atoms with Crippen LogP contribution in [0.3, 0.4) is 0 Å². The summed E-state index contributed by atoms with van der Waals surface area (Å²) >= 11 is 0. The first-order chi connectivity index (χ1) is 18.9. The van der Waals surface area contributed by atoms with E-state index in [1.807, 2.05) is 91.0 Å². The first-order valence-electron chi connectivity index (χ1n) is 12.7. The Hall–Kier alpha value is -4.50. The summed E-state index contributed by atoms with van der Waals surface area (Å²) < 4.78 is 10.4. The highest BCUT2D eigenvalue weighted by atomic mass is 16.6. The Bertz CT molecular complexity index is 1270. The van der Waals surface area contributed by atoms with Gasteiger partial charge in [-0.25, -0.2) is 9.59 Å². The van der Waals surface area contributed by atoms with Crippen molar-refractivity contribution in [3.63, 3.8) is 0 Å². The number of nitrogens with one attached hydrogen (secondary N) is 2. The molecule has 4 rings (SSSR count). The molecular formula is C30H30N2O7. The van der Waals surface area contributed by atoms with E-state index in [0.717, 1.165) is 16.7 Å². The van der Waals surface area contributed by atoms with Crippen molar-refractivity contribution in [1.29, 1.82) is 0 Å². The smallest absolute Gasteiger partial charge is 0.408 e. The summed E-state index contributed by atoms with van der Waals surface area (Å²) in [6.45, 7) is 0.0279. The van der Waals surface area contributed by atoms with Crippen LogP contribution in [0.15, 0.2) is 91.0 Å². The van der Waals surface area contributed by atoms with Crippen molar-refractivity contribution in [3.05, 3.63) is 108 Å². The van der Waals surface area contributed by atoms with Gasteiger partial charge in [-0.3, -0.25) is 9.59 Å². The quantitative estimate of drug-likeness (QED) is 0.289. The average Bonchev–Trinajstić information content (AvgIpc) is 3.77. The van der Waals surface area contributed by atoms with E-state index in [4.69, 9.17) is 9.47 Å². The van der Waals surface area contributed by atoms with E-state index in [1.165, 1.54) is 0 Å². The van der Waals surface area contributed by atoms with Crippen LogP contribution in [0.4, 0.5) is 4.79 Å². The van der Waals surface area contributed by atoms with Crippen LogP contribution < -0.4 is 10.6 Å². The number of ketones is 1. The molecule has 3 aromatic rings. The first kappa shape index (κ1) is 27.5. The van der Waals surface area contributed by atoms with E-state index in [1.54, 1.807) is 0 Å². The summed E-state index contributed by atoms with van der Waals surface area (Å²) in [5.74, 6) is -2.34. The molecule has 4 atom stereocenters. The minimum absolute atomic E-state index is 0.0279. The van der Waals surface area contributed by atoms with Gasteiger partial charge in [0.25, 0.3) is 0 Å². The van der Waals surface area contributed by atoms with Gasteiger partial charge in [0.15, 0.2) is 18.0 Å². The third kappa shape index (κ3) is 8.24. The number of hydrogen-bond donors (Lipinski definition) is 3. The van der Waals surface area contributed by atoms with Crippen LogP contribution >= 0.6 is 0 Å². The molecule has 0 bridgehead atoms. The number of aliphatic carboxylic acids is 1. The maximum Gasteiger partial charge on any atom is 0.408 e. The molecule has 2 amide bonds. The van der Waals surface area contributed by atoms with Crippen LogP contribution in [0.2, 0.25) is 0 Å². The van der Waals surface area contributed by atoms with E-state index < -0.39 is 48.0 Å². The number of carbonyl (C=O) groups is 4. The molecule has 0 saturated carbocycles. The molecule has 1 aliphatic rings. The average molecular weight is 531 g/mol. The minimum Gasteiger partial charge on any atom is -0.479 e. The predicted octanol–water partition coefficient (Wildman–Crippen LogP) is 3.06. The Morgan fingerprint density at radius 1 is 0.744 bits per heavy atom. The van der Waals surface area contributed by atoms with Gasteiger partial charge in [0.1, 0.15) is 12.6 Å². The molecule has 0 spiro atoms. The highest BCUT2D eigenvalue weighted by Crippen LogP contribution is 2.25. The molecule has 3 aromatic carbocycles. The first-order valence-corrected chi connectivity index (χ1v) is 12.7. The summed E-state index contributed by atoms with van der Waals surface area (Å²) in [5, 5.41) is 14.6. The van der Waals surface area contributed by atoms with Gasteiger partial charge in [0.2, 0.25) is 5.91 Å². The molecule has 9 heteroatoms. The van der Waals surface area contributed by atoms with E-state index in [-0.39, 0.29) is 19.4 Å². The number of carbonyl (C=O) groups excluding carboxylic acids is 3. The van der Waals surface area contributed by atoms with Crippen LogP contribution in [0.1, 0.15) is 23.1 Å². The Labute approximate surface area is 226 Å². The lowest BCUT2D eigenvalue weighted by molar-refractivity contribution is -0.138. The largest absolute Gasteiger partial charge is 0.479 e. The zero-order chi connectivity index (χ0) is 27.6. The van der Waals surface area contributed by atoms with Crippen molar-refractivity contribution >= 4 is 23.8 Å². The molecule has 1 unspecified atom stereocenters. The molecule has 202 valence electrons. The van der Waals surface area contributed by atoms with Gasteiger partial charge in [-0.2, -0.15) is 0 Å². The summed E-state index contributed by atoms with van der Waals surface area (Å²) in [6.07, 6.45) is -2.27. The van der Waals surface area contributed by atoms with Crippen molar-refractivity contribution in [2.45, 2.75) is 50.2 Å². The molecule has 1 fully saturated rings. The Kier molecular flexibility index (Phi) is 9.42. The maximum atomic E-state index is 13.5. The van der Waals surface area contributed by atoms with Gasteiger partial charge in [0.05, 0.1) is 6.04 Å². The second-order valence-corrected chi connectivity index (χ2v) is 9.25. The number of ether oxygens (including phenoxy) is 2. The molecular weight excluding hydrogens is 500 g/mol. The van der Waals surface area contributed by atoms with Gasteiger partial charge in [-0.15, -0.1) is 0 Å². The lowest BCUT2D eigenvalue weighted by atomic mass is 9.98. The van der Waals surface area contributed by atoms with Gasteiger partial charge < -0.3 is 25.2 Å². The van der Waals surface area contributed by atoms with Crippen LogP contribution in [0.5, 0.6) is 0 Å². The van der Waals surface area contributed by atoms with Crippen molar-refractivity contribution in [2.24, 2.45) is 0 Å². The number of carboxylic acid groups (broad SMARTS) is 1. The Balaban J connectivity index is 1.46. The number of Topliss-reactive ketones (excluding diaryl/α,β-unsaturated/α-hetero) is 1. The number of rotatable bonds is 13. The molecule has 0 radical (unpaired) electrons. The van der Waals surface area contributed by atoms with Crippen molar-refractivity contribution in [2.75, 3.05) is 0 Å². The van der Waals surface area contributed by atoms with E-state index in [9.17, 15) is 24.3 Å². The van der Waals surface area contributed by atoms with Gasteiger partial charge >= 0.3 is 12.1 Å². The molecule has 0 aliphatic carbocycles. The van der Waals surface area contributed by atoms with Gasteiger partial charge in [0, 0.05) is 6.42 Å². The number of benzene rings is 3. The fourth-order valence-electron chi connectivity index (χ4n) is 4.19. The molecule has 1 saturated heterocycles. The van der Waals surface area contributed by atoms with Crippen LogP contribution in [0, 0.1) is 0 Å². The summed E-state index contributed by atoms with van der Waals surface area (Å²) in [6, 6.07) is 25.6. The SMILES string of the molecule is O=C(NC(Cc1ccccc1)C(=O)N[C@@H](CCc1ccccc1)C(=O)[C@H]1O[C@@H]1C(=O)O)OCc1ccccc1. The second-order valence-electron chi connectivity index (χ2n) is 9.25. The molecule has 9 nitrogen and oxygen atoms in total. The number of hydrogen-bond acceptors (Lipinski definition) is 6. The number of amides is 2. The number of alkyl carbamates (subject to hydrolysis) is 1.